The van der Waals surface area contributed by atoms with Crippen molar-refractivity contribution in [3.05, 3.63) is 112 Å². The van der Waals surface area contributed by atoms with Crippen LogP contribution < -0.4 is 10.7 Å². The van der Waals surface area contributed by atoms with E-state index in [4.69, 9.17) is 0 Å². The minimum atomic E-state index is -0.432. The van der Waals surface area contributed by atoms with Gasteiger partial charge in [0.05, 0.1) is 5.69 Å². The number of pyridine rings is 2. The highest BCUT2D eigenvalue weighted by atomic mass is 16.2. The Morgan fingerprint density at radius 1 is 0.871 bits per heavy atom. The number of carbonyl (C=O) groups is 1. The first-order chi connectivity index (χ1) is 15.0. The van der Waals surface area contributed by atoms with Crippen molar-refractivity contribution >= 4 is 11.6 Å². The molecule has 0 aliphatic carbocycles. The minimum Gasteiger partial charge on any atom is -0.321 e. The first-order valence-electron chi connectivity index (χ1n) is 10.1. The molecule has 0 saturated carbocycles. The van der Waals surface area contributed by atoms with Gasteiger partial charge < -0.3 is 9.88 Å². The average molecular weight is 409 g/mol. The fraction of sp³-hybridized carbons (Fsp3) is 0.115. The number of nitrogens with zero attached hydrogens (tertiary/aromatic N) is 2. The van der Waals surface area contributed by atoms with Crippen LogP contribution in [0, 0.1) is 20.8 Å². The van der Waals surface area contributed by atoms with E-state index in [1.54, 1.807) is 12.4 Å². The number of hydrogen-bond donors (Lipinski definition) is 1. The molecule has 5 heteroatoms. The topological polar surface area (TPSA) is 64.0 Å². The third-order valence-corrected chi connectivity index (χ3v) is 5.31. The van der Waals surface area contributed by atoms with Crippen LogP contribution in [0.1, 0.15) is 27.2 Å². The number of nitrogens with one attached hydrogen (secondary N) is 1. The number of rotatable bonds is 4. The van der Waals surface area contributed by atoms with E-state index >= 15 is 0 Å². The van der Waals surface area contributed by atoms with Gasteiger partial charge in [0.1, 0.15) is 5.56 Å². The van der Waals surface area contributed by atoms with E-state index in [-0.39, 0.29) is 11.0 Å². The van der Waals surface area contributed by atoms with Crippen LogP contribution in [0.15, 0.2) is 83.9 Å². The van der Waals surface area contributed by atoms with Gasteiger partial charge in [0.15, 0.2) is 5.43 Å². The lowest BCUT2D eigenvalue weighted by Crippen LogP contribution is -2.26. The lowest BCUT2D eigenvalue weighted by molar-refractivity contribution is 0.102. The minimum absolute atomic E-state index is 0.100. The SMILES string of the molecule is Cc1cccc(C)c1NC(=O)c1c(-c2ccncc2)n(-c2ccccc2)c(C)cc1=O. The van der Waals surface area contributed by atoms with Crippen LogP contribution in [-0.2, 0) is 0 Å². The molecular formula is C26H23N3O2. The second-order valence-corrected chi connectivity index (χ2v) is 7.50. The van der Waals surface area contributed by atoms with Gasteiger partial charge in [-0.2, -0.15) is 0 Å². The van der Waals surface area contributed by atoms with Gasteiger partial charge in [0.25, 0.3) is 5.91 Å². The summed E-state index contributed by atoms with van der Waals surface area (Å²) in [7, 11) is 0. The molecule has 5 nitrogen and oxygen atoms in total. The van der Waals surface area contributed by atoms with Crippen LogP contribution in [0.3, 0.4) is 0 Å². The number of amides is 1. The molecule has 2 aromatic heterocycles. The smallest absolute Gasteiger partial charge is 0.261 e. The largest absolute Gasteiger partial charge is 0.321 e. The highest BCUT2D eigenvalue weighted by molar-refractivity contribution is 6.09. The zero-order valence-electron chi connectivity index (χ0n) is 17.7. The molecule has 0 radical (unpaired) electrons. The van der Waals surface area contributed by atoms with Crippen LogP contribution in [0.4, 0.5) is 5.69 Å². The second kappa shape index (κ2) is 8.40. The zero-order chi connectivity index (χ0) is 22.0. The fourth-order valence-electron chi connectivity index (χ4n) is 3.83. The van der Waals surface area contributed by atoms with E-state index in [9.17, 15) is 9.59 Å². The van der Waals surface area contributed by atoms with Crippen molar-refractivity contribution in [3.8, 4) is 16.9 Å². The molecule has 0 fully saturated rings. The highest BCUT2D eigenvalue weighted by Gasteiger charge is 2.23. The molecular weight excluding hydrogens is 386 g/mol. The fourth-order valence-corrected chi connectivity index (χ4v) is 3.83. The molecule has 2 heterocycles. The molecule has 0 unspecified atom stereocenters. The Hall–Kier alpha value is -3.99. The molecule has 154 valence electrons. The summed E-state index contributed by atoms with van der Waals surface area (Å²) in [5, 5.41) is 2.98. The van der Waals surface area contributed by atoms with Crippen molar-refractivity contribution in [3.63, 3.8) is 0 Å². The summed E-state index contributed by atoms with van der Waals surface area (Å²) in [5.41, 5.74) is 5.28. The lowest BCUT2D eigenvalue weighted by Gasteiger charge is -2.21. The molecule has 1 N–H and O–H groups in total. The number of para-hydroxylation sites is 2. The van der Waals surface area contributed by atoms with Crippen molar-refractivity contribution in [2.75, 3.05) is 5.32 Å². The van der Waals surface area contributed by atoms with Crippen molar-refractivity contribution in [2.45, 2.75) is 20.8 Å². The molecule has 4 rings (SSSR count). The van der Waals surface area contributed by atoms with Crippen molar-refractivity contribution in [2.24, 2.45) is 0 Å². The summed E-state index contributed by atoms with van der Waals surface area (Å²) in [6.45, 7) is 5.74. The second-order valence-electron chi connectivity index (χ2n) is 7.50. The lowest BCUT2D eigenvalue weighted by atomic mass is 10.0. The van der Waals surface area contributed by atoms with E-state index in [1.165, 1.54) is 6.07 Å². The van der Waals surface area contributed by atoms with E-state index in [0.29, 0.717) is 5.69 Å². The normalized spacial score (nSPS) is 10.7. The van der Waals surface area contributed by atoms with E-state index in [2.05, 4.69) is 10.3 Å². The molecule has 0 saturated heterocycles. The first kappa shape index (κ1) is 20.3. The van der Waals surface area contributed by atoms with Crippen molar-refractivity contribution < 1.29 is 4.79 Å². The predicted octanol–water partition coefficient (Wildman–Crippen LogP) is 5.08. The van der Waals surface area contributed by atoms with Gasteiger partial charge in [0, 0.05) is 41.1 Å². The van der Waals surface area contributed by atoms with Gasteiger partial charge in [0.2, 0.25) is 0 Å². The summed E-state index contributed by atoms with van der Waals surface area (Å²) in [5.74, 6) is -0.432. The quantitative estimate of drug-likeness (QED) is 0.511. The van der Waals surface area contributed by atoms with Gasteiger partial charge >= 0.3 is 0 Å². The van der Waals surface area contributed by atoms with E-state index in [1.807, 2.05) is 86.0 Å². The van der Waals surface area contributed by atoms with Gasteiger partial charge in [-0.3, -0.25) is 14.6 Å². The Bertz CT molecular complexity index is 1290. The number of hydrogen-bond acceptors (Lipinski definition) is 3. The molecule has 1 amide bonds. The van der Waals surface area contributed by atoms with Crippen LogP contribution >= 0.6 is 0 Å². The Morgan fingerprint density at radius 3 is 2.16 bits per heavy atom. The first-order valence-corrected chi connectivity index (χ1v) is 10.1. The maximum atomic E-state index is 13.5. The number of aryl methyl sites for hydroxylation is 3. The van der Waals surface area contributed by atoms with E-state index < -0.39 is 5.91 Å². The molecule has 0 atom stereocenters. The van der Waals surface area contributed by atoms with Crippen molar-refractivity contribution in [1.82, 2.24) is 9.55 Å². The van der Waals surface area contributed by atoms with Crippen LogP contribution in [0.5, 0.6) is 0 Å². The molecule has 2 aromatic carbocycles. The summed E-state index contributed by atoms with van der Waals surface area (Å²) in [6, 6.07) is 20.6. The van der Waals surface area contributed by atoms with Crippen LogP contribution in [0.25, 0.3) is 16.9 Å². The zero-order valence-corrected chi connectivity index (χ0v) is 17.7. The summed E-state index contributed by atoms with van der Waals surface area (Å²) < 4.78 is 1.94. The summed E-state index contributed by atoms with van der Waals surface area (Å²) >= 11 is 0. The van der Waals surface area contributed by atoms with Crippen LogP contribution in [-0.4, -0.2) is 15.5 Å². The summed E-state index contributed by atoms with van der Waals surface area (Å²) in [6.07, 6.45) is 3.31. The maximum Gasteiger partial charge on any atom is 0.261 e. The molecule has 0 spiro atoms. The third kappa shape index (κ3) is 3.90. The average Bonchev–Trinajstić information content (AvgIpc) is 2.77. The van der Waals surface area contributed by atoms with Gasteiger partial charge in [-0.05, 0) is 56.2 Å². The highest BCUT2D eigenvalue weighted by Crippen LogP contribution is 2.28. The van der Waals surface area contributed by atoms with Gasteiger partial charge in [-0.15, -0.1) is 0 Å². The number of carbonyl (C=O) groups excluding carboxylic acids is 1. The van der Waals surface area contributed by atoms with Crippen molar-refractivity contribution in [1.29, 1.82) is 0 Å². The maximum absolute atomic E-state index is 13.5. The Labute approximate surface area is 181 Å². The summed E-state index contributed by atoms with van der Waals surface area (Å²) in [4.78, 5) is 30.7. The Morgan fingerprint density at radius 2 is 1.52 bits per heavy atom. The number of aromatic nitrogens is 2. The number of benzene rings is 2. The molecule has 4 aromatic rings. The number of anilines is 1. The monoisotopic (exact) mass is 409 g/mol. The third-order valence-electron chi connectivity index (χ3n) is 5.31. The van der Waals surface area contributed by atoms with Gasteiger partial charge in [-0.1, -0.05) is 36.4 Å². The standard InChI is InChI=1S/C26H23N3O2/c1-17-8-7-9-18(2)24(17)28-26(31)23-22(30)16-19(3)29(21-10-5-4-6-11-21)25(23)20-12-14-27-15-13-20/h4-16H,1-3H3,(H,28,31). The predicted molar refractivity (Wildman–Crippen MR) is 124 cm³/mol. The molecule has 31 heavy (non-hydrogen) atoms. The van der Waals surface area contributed by atoms with Gasteiger partial charge in [-0.25, -0.2) is 0 Å². The molecule has 0 aliphatic heterocycles. The van der Waals surface area contributed by atoms with E-state index in [0.717, 1.165) is 33.8 Å². The molecule has 0 aliphatic rings. The van der Waals surface area contributed by atoms with Crippen LogP contribution in [0.2, 0.25) is 0 Å². The molecule has 0 bridgehead atoms. The Kier molecular flexibility index (Phi) is 5.50. The Balaban J connectivity index is 1.98.